The predicted molar refractivity (Wildman–Crippen MR) is 76.7 cm³/mol. The Morgan fingerprint density at radius 1 is 1.33 bits per heavy atom. The molecular formula is C15H19FN2O3. The molecule has 1 aromatic rings. The lowest BCUT2D eigenvalue weighted by Gasteiger charge is -2.27. The van der Waals surface area contributed by atoms with Crippen LogP contribution in [0.3, 0.4) is 0 Å². The number of amides is 2. The van der Waals surface area contributed by atoms with Gasteiger partial charge in [-0.2, -0.15) is 0 Å². The Kier molecular flexibility index (Phi) is 4.77. The molecule has 1 aliphatic rings. The number of carbonyl (C=O) groups excluding carboxylic acids is 1. The molecule has 0 bridgehead atoms. The van der Waals surface area contributed by atoms with Gasteiger partial charge in [-0.05, 0) is 43.9 Å². The van der Waals surface area contributed by atoms with E-state index in [2.05, 4.69) is 10.6 Å². The van der Waals surface area contributed by atoms with Crippen LogP contribution in [0, 0.1) is 18.7 Å². The summed E-state index contributed by atoms with van der Waals surface area (Å²) < 4.78 is 13.2. The lowest BCUT2D eigenvalue weighted by atomic mass is 9.86. The first-order valence-corrected chi connectivity index (χ1v) is 7.02. The van der Waals surface area contributed by atoms with Crippen LogP contribution in [0.5, 0.6) is 0 Å². The molecule has 21 heavy (non-hydrogen) atoms. The normalized spacial score (nSPS) is 21.6. The summed E-state index contributed by atoms with van der Waals surface area (Å²) in [6.45, 7) is 1.77. The van der Waals surface area contributed by atoms with Crippen molar-refractivity contribution < 1.29 is 19.1 Å². The lowest BCUT2D eigenvalue weighted by molar-refractivity contribution is -0.143. The van der Waals surface area contributed by atoms with E-state index in [0.29, 0.717) is 18.5 Å². The second-order valence-electron chi connectivity index (χ2n) is 5.46. The second kappa shape index (κ2) is 6.56. The van der Waals surface area contributed by atoms with Crippen molar-refractivity contribution in [3.8, 4) is 0 Å². The number of rotatable bonds is 3. The van der Waals surface area contributed by atoms with E-state index in [4.69, 9.17) is 5.11 Å². The van der Waals surface area contributed by atoms with Crippen molar-refractivity contribution >= 4 is 17.7 Å². The monoisotopic (exact) mass is 294 g/mol. The van der Waals surface area contributed by atoms with Crippen molar-refractivity contribution in [3.63, 3.8) is 0 Å². The Labute approximate surface area is 122 Å². The van der Waals surface area contributed by atoms with Crippen LogP contribution in [0.2, 0.25) is 0 Å². The van der Waals surface area contributed by atoms with Crippen LogP contribution >= 0.6 is 0 Å². The molecule has 0 heterocycles. The highest BCUT2D eigenvalue weighted by Crippen LogP contribution is 2.24. The lowest BCUT2D eigenvalue weighted by Crippen LogP contribution is -2.42. The maximum atomic E-state index is 13.2. The SMILES string of the molecule is Cc1ccc(F)cc1NC(=O)NC1CCCC(C(=O)O)C1. The maximum absolute atomic E-state index is 13.2. The quantitative estimate of drug-likeness (QED) is 0.802. The van der Waals surface area contributed by atoms with Crippen LogP contribution in [0.4, 0.5) is 14.9 Å². The third-order valence-electron chi connectivity index (χ3n) is 3.81. The zero-order valence-electron chi connectivity index (χ0n) is 11.9. The second-order valence-corrected chi connectivity index (χ2v) is 5.46. The molecule has 1 aromatic carbocycles. The van der Waals surface area contributed by atoms with Crippen molar-refractivity contribution in [3.05, 3.63) is 29.6 Å². The smallest absolute Gasteiger partial charge is 0.319 e. The summed E-state index contributed by atoms with van der Waals surface area (Å²) >= 11 is 0. The molecule has 0 spiro atoms. The number of halogens is 1. The Morgan fingerprint density at radius 3 is 2.81 bits per heavy atom. The molecule has 0 aromatic heterocycles. The largest absolute Gasteiger partial charge is 0.481 e. The third-order valence-corrected chi connectivity index (χ3v) is 3.81. The molecule has 1 saturated carbocycles. The van der Waals surface area contributed by atoms with Crippen LogP contribution in [0.15, 0.2) is 18.2 Å². The van der Waals surface area contributed by atoms with Crippen LogP contribution in [0.25, 0.3) is 0 Å². The average Bonchev–Trinajstić information content (AvgIpc) is 2.43. The average molecular weight is 294 g/mol. The van der Waals surface area contributed by atoms with Gasteiger partial charge in [0.05, 0.1) is 5.92 Å². The van der Waals surface area contributed by atoms with Crippen LogP contribution in [0.1, 0.15) is 31.2 Å². The predicted octanol–water partition coefficient (Wildman–Crippen LogP) is 2.90. The van der Waals surface area contributed by atoms with E-state index < -0.39 is 23.7 Å². The summed E-state index contributed by atoms with van der Waals surface area (Å²) in [6, 6.07) is 3.59. The first kappa shape index (κ1) is 15.3. The van der Waals surface area contributed by atoms with Gasteiger partial charge in [-0.1, -0.05) is 12.5 Å². The first-order valence-electron chi connectivity index (χ1n) is 7.02. The summed E-state index contributed by atoms with van der Waals surface area (Å²) in [5, 5.41) is 14.4. The van der Waals surface area contributed by atoms with Crippen molar-refractivity contribution in [1.82, 2.24) is 5.32 Å². The van der Waals surface area contributed by atoms with Gasteiger partial charge in [-0.15, -0.1) is 0 Å². The van der Waals surface area contributed by atoms with Crippen LogP contribution < -0.4 is 10.6 Å². The molecule has 0 radical (unpaired) electrons. The van der Waals surface area contributed by atoms with Crippen molar-refractivity contribution in [1.29, 1.82) is 0 Å². The molecule has 2 unspecified atom stereocenters. The summed E-state index contributed by atoms with van der Waals surface area (Å²) in [5.41, 5.74) is 1.18. The standard InChI is InChI=1S/C15H19FN2O3/c1-9-5-6-11(16)8-13(9)18-15(21)17-12-4-2-3-10(7-12)14(19)20/h5-6,8,10,12H,2-4,7H2,1H3,(H,19,20)(H2,17,18,21). The van der Waals surface area contributed by atoms with Gasteiger partial charge in [0.25, 0.3) is 0 Å². The molecule has 3 N–H and O–H groups in total. The van der Waals surface area contributed by atoms with E-state index in [1.165, 1.54) is 12.1 Å². The topological polar surface area (TPSA) is 78.4 Å². The Morgan fingerprint density at radius 2 is 2.10 bits per heavy atom. The van der Waals surface area contributed by atoms with E-state index in [9.17, 15) is 14.0 Å². The molecule has 2 rings (SSSR count). The highest BCUT2D eigenvalue weighted by molar-refractivity contribution is 5.90. The fourth-order valence-corrected chi connectivity index (χ4v) is 2.62. The highest BCUT2D eigenvalue weighted by atomic mass is 19.1. The number of nitrogens with one attached hydrogen (secondary N) is 2. The van der Waals surface area contributed by atoms with Gasteiger partial charge < -0.3 is 15.7 Å². The van der Waals surface area contributed by atoms with Gasteiger partial charge in [0.1, 0.15) is 5.82 Å². The number of aliphatic carboxylic acids is 1. The zero-order chi connectivity index (χ0) is 15.4. The fraction of sp³-hybridized carbons (Fsp3) is 0.467. The van der Waals surface area contributed by atoms with Crippen LogP contribution in [-0.4, -0.2) is 23.1 Å². The first-order chi connectivity index (χ1) is 9.95. The van der Waals surface area contributed by atoms with Crippen LogP contribution in [-0.2, 0) is 4.79 Å². The summed E-state index contributed by atoms with van der Waals surface area (Å²) in [5.74, 6) is -1.64. The number of hydrogen-bond acceptors (Lipinski definition) is 2. The van der Waals surface area contributed by atoms with E-state index in [1.807, 2.05) is 0 Å². The van der Waals surface area contributed by atoms with Gasteiger partial charge in [-0.25, -0.2) is 9.18 Å². The Hall–Kier alpha value is -2.11. The summed E-state index contributed by atoms with van der Waals surface area (Å²) in [4.78, 5) is 22.9. The maximum Gasteiger partial charge on any atom is 0.319 e. The zero-order valence-corrected chi connectivity index (χ0v) is 11.9. The molecule has 114 valence electrons. The van der Waals surface area contributed by atoms with Gasteiger partial charge in [0, 0.05) is 11.7 Å². The molecular weight excluding hydrogens is 275 g/mol. The minimum atomic E-state index is -0.817. The molecule has 2 amide bonds. The van der Waals surface area contributed by atoms with Crippen molar-refractivity contribution in [2.45, 2.75) is 38.6 Å². The minimum absolute atomic E-state index is 0.159. The number of carboxylic acid groups (broad SMARTS) is 1. The summed E-state index contributed by atoms with van der Waals surface area (Å²) in [6.07, 6.45) is 2.63. The number of aryl methyl sites for hydroxylation is 1. The van der Waals surface area contributed by atoms with Gasteiger partial charge in [0.2, 0.25) is 0 Å². The number of carbonyl (C=O) groups is 2. The van der Waals surface area contributed by atoms with E-state index in [1.54, 1.807) is 13.0 Å². The van der Waals surface area contributed by atoms with E-state index in [0.717, 1.165) is 18.4 Å². The van der Waals surface area contributed by atoms with Gasteiger partial charge >= 0.3 is 12.0 Å². The number of benzene rings is 1. The van der Waals surface area contributed by atoms with Gasteiger partial charge in [0.15, 0.2) is 0 Å². The number of carboxylic acids is 1. The van der Waals surface area contributed by atoms with Gasteiger partial charge in [-0.3, -0.25) is 4.79 Å². The minimum Gasteiger partial charge on any atom is -0.481 e. The van der Waals surface area contributed by atoms with Crippen molar-refractivity contribution in [2.75, 3.05) is 5.32 Å². The molecule has 5 nitrogen and oxygen atoms in total. The fourth-order valence-electron chi connectivity index (χ4n) is 2.62. The molecule has 2 atom stereocenters. The molecule has 6 heteroatoms. The Balaban J connectivity index is 1.92. The molecule has 1 fully saturated rings. The van der Waals surface area contributed by atoms with E-state index in [-0.39, 0.29) is 6.04 Å². The number of anilines is 1. The summed E-state index contributed by atoms with van der Waals surface area (Å²) in [7, 11) is 0. The van der Waals surface area contributed by atoms with E-state index >= 15 is 0 Å². The highest BCUT2D eigenvalue weighted by Gasteiger charge is 2.27. The third kappa shape index (κ3) is 4.18. The number of urea groups is 1. The number of hydrogen-bond donors (Lipinski definition) is 3. The van der Waals surface area contributed by atoms with Crippen molar-refractivity contribution in [2.24, 2.45) is 5.92 Å². The molecule has 0 aliphatic heterocycles. The Bertz CT molecular complexity index is 548. The molecule has 0 saturated heterocycles. The molecule has 1 aliphatic carbocycles.